The van der Waals surface area contributed by atoms with Gasteiger partial charge in [-0.05, 0) is 43.2 Å². The lowest BCUT2D eigenvalue weighted by molar-refractivity contribution is -0.124. The highest BCUT2D eigenvalue weighted by Crippen LogP contribution is 2.45. The Bertz CT molecular complexity index is 1240. The number of ether oxygens (including phenoxy) is 1. The van der Waals surface area contributed by atoms with Crippen LogP contribution >= 0.6 is 24.0 Å². The first-order chi connectivity index (χ1) is 17.0. The SMILES string of the molecule is COc1ccc(NC(=O)CN2C(=O)/C(=C3/SC(=S)N(C4CCCCC4)C3=O)c3ccccc32)cc1. The number of thiocarbonyl (C=S) groups is 1. The van der Waals surface area contributed by atoms with Crippen LogP contribution in [0.2, 0.25) is 0 Å². The number of hydrogen-bond acceptors (Lipinski definition) is 6. The largest absolute Gasteiger partial charge is 0.497 e. The topological polar surface area (TPSA) is 79.0 Å². The number of carbonyl (C=O) groups is 3. The summed E-state index contributed by atoms with van der Waals surface area (Å²) in [5, 5.41) is 2.82. The second kappa shape index (κ2) is 9.83. The van der Waals surface area contributed by atoms with Crippen molar-refractivity contribution in [3.05, 3.63) is 59.0 Å². The van der Waals surface area contributed by atoms with Gasteiger partial charge >= 0.3 is 0 Å². The van der Waals surface area contributed by atoms with Crippen LogP contribution in [-0.2, 0) is 14.4 Å². The van der Waals surface area contributed by atoms with Gasteiger partial charge in [-0.2, -0.15) is 0 Å². The van der Waals surface area contributed by atoms with Crippen molar-refractivity contribution < 1.29 is 19.1 Å². The zero-order valence-corrected chi connectivity index (χ0v) is 20.9. The van der Waals surface area contributed by atoms with Gasteiger partial charge in [0.15, 0.2) is 0 Å². The molecule has 2 fully saturated rings. The summed E-state index contributed by atoms with van der Waals surface area (Å²) in [6, 6.07) is 14.3. The summed E-state index contributed by atoms with van der Waals surface area (Å²) in [7, 11) is 1.57. The minimum Gasteiger partial charge on any atom is -0.497 e. The zero-order chi connectivity index (χ0) is 24.5. The summed E-state index contributed by atoms with van der Waals surface area (Å²) in [5.41, 5.74) is 2.19. The maximum Gasteiger partial charge on any atom is 0.267 e. The Balaban J connectivity index is 1.41. The highest BCUT2D eigenvalue weighted by molar-refractivity contribution is 8.26. The van der Waals surface area contributed by atoms with Crippen molar-refractivity contribution in [1.29, 1.82) is 0 Å². The fourth-order valence-electron chi connectivity index (χ4n) is 4.86. The van der Waals surface area contributed by atoms with Gasteiger partial charge in [-0.3, -0.25) is 24.2 Å². The predicted octanol–water partition coefficient (Wildman–Crippen LogP) is 4.58. The number of para-hydroxylation sites is 1. The predicted molar refractivity (Wildman–Crippen MR) is 141 cm³/mol. The van der Waals surface area contributed by atoms with Crippen molar-refractivity contribution in [3.8, 4) is 5.75 Å². The molecule has 7 nitrogen and oxygen atoms in total. The number of carbonyl (C=O) groups excluding carboxylic acids is 3. The van der Waals surface area contributed by atoms with Crippen molar-refractivity contribution in [2.45, 2.75) is 38.1 Å². The van der Waals surface area contributed by atoms with Crippen molar-refractivity contribution in [3.63, 3.8) is 0 Å². The molecule has 0 spiro atoms. The number of hydrogen-bond donors (Lipinski definition) is 1. The van der Waals surface area contributed by atoms with E-state index in [-0.39, 0.29) is 30.3 Å². The number of rotatable bonds is 5. The minimum atomic E-state index is -0.361. The summed E-state index contributed by atoms with van der Waals surface area (Å²) in [5.74, 6) is -0.217. The molecule has 0 radical (unpaired) electrons. The number of fused-ring (bicyclic) bond motifs is 1. The molecule has 0 bridgehead atoms. The van der Waals surface area contributed by atoms with Crippen LogP contribution in [0.15, 0.2) is 53.4 Å². The Kier molecular flexibility index (Phi) is 6.62. The van der Waals surface area contributed by atoms with Gasteiger partial charge in [-0.25, -0.2) is 0 Å². The summed E-state index contributed by atoms with van der Waals surface area (Å²) in [6.07, 6.45) is 5.18. The number of anilines is 2. The van der Waals surface area contributed by atoms with Crippen molar-refractivity contribution in [2.24, 2.45) is 0 Å². The first-order valence-electron chi connectivity index (χ1n) is 11.6. The molecule has 2 heterocycles. The molecule has 3 aliphatic rings. The van der Waals surface area contributed by atoms with Gasteiger partial charge in [-0.1, -0.05) is 61.4 Å². The third-order valence-electron chi connectivity index (χ3n) is 6.56. The molecule has 1 saturated heterocycles. The lowest BCUT2D eigenvalue weighted by Crippen LogP contribution is -2.40. The van der Waals surface area contributed by atoms with Crippen LogP contribution in [0, 0.1) is 0 Å². The van der Waals surface area contributed by atoms with Gasteiger partial charge in [0.2, 0.25) is 5.91 Å². The van der Waals surface area contributed by atoms with Gasteiger partial charge in [0.25, 0.3) is 11.8 Å². The normalized spacial score (nSPS) is 20.4. The summed E-state index contributed by atoms with van der Waals surface area (Å²) < 4.78 is 5.65. The van der Waals surface area contributed by atoms with Crippen LogP contribution in [0.5, 0.6) is 5.75 Å². The van der Waals surface area contributed by atoms with E-state index in [0.717, 1.165) is 25.7 Å². The molecule has 0 aromatic heterocycles. The van der Waals surface area contributed by atoms with Crippen LogP contribution in [0.25, 0.3) is 5.57 Å². The quantitative estimate of drug-likeness (QED) is 0.471. The number of thioether (sulfide) groups is 1. The third-order valence-corrected chi connectivity index (χ3v) is 7.97. The molecule has 1 saturated carbocycles. The fraction of sp³-hybridized carbons (Fsp3) is 0.308. The lowest BCUT2D eigenvalue weighted by atomic mass is 9.94. The molecule has 2 aromatic carbocycles. The van der Waals surface area contributed by atoms with Gasteiger partial charge in [0.1, 0.15) is 16.6 Å². The van der Waals surface area contributed by atoms with Crippen LogP contribution in [0.3, 0.4) is 0 Å². The van der Waals surface area contributed by atoms with Crippen molar-refractivity contribution in [2.75, 3.05) is 23.9 Å². The average Bonchev–Trinajstić information content (AvgIpc) is 3.31. The Morgan fingerprint density at radius 2 is 1.77 bits per heavy atom. The third kappa shape index (κ3) is 4.46. The van der Waals surface area contributed by atoms with Gasteiger partial charge in [0, 0.05) is 17.3 Å². The molecular formula is C26H25N3O4S2. The van der Waals surface area contributed by atoms with E-state index in [0.29, 0.717) is 37.5 Å². The summed E-state index contributed by atoms with van der Waals surface area (Å²) >= 11 is 6.77. The average molecular weight is 508 g/mol. The maximum absolute atomic E-state index is 13.6. The van der Waals surface area contributed by atoms with E-state index in [1.54, 1.807) is 42.3 Å². The molecule has 1 aliphatic carbocycles. The van der Waals surface area contributed by atoms with Crippen LogP contribution in [0.4, 0.5) is 11.4 Å². The monoisotopic (exact) mass is 507 g/mol. The number of benzene rings is 2. The summed E-state index contributed by atoms with van der Waals surface area (Å²) in [4.78, 5) is 43.4. The minimum absolute atomic E-state index is 0.0903. The molecular weight excluding hydrogens is 482 g/mol. The zero-order valence-electron chi connectivity index (χ0n) is 19.3. The first-order valence-corrected chi connectivity index (χ1v) is 12.8. The second-order valence-corrected chi connectivity index (χ2v) is 10.4. The van der Waals surface area contributed by atoms with Gasteiger partial charge in [-0.15, -0.1) is 0 Å². The number of nitrogens with zero attached hydrogens (tertiary/aromatic N) is 2. The maximum atomic E-state index is 13.6. The number of methoxy groups -OCH3 is 1. The first kappa shape index (κ1) is 23.6. The molecule has 2 aromatic rings. The molecule has 9 heteroatoms. The summed E-state index contributed by atoms with van der Waals surface area (Å²) in [6.45, 7) is -0.172. The smallest absolute Gasteiger partial charge is 0.267 e. The molecule has 3 amide bonds. The second-order valence-electron chi connectivity index (χ2n) is 8.72. The van der Waals surface area contributed by atoms with E-state index >= 15 is 0 Å². The van der Waals surface area contributed by atoms with Crippen LogP contribution in [-0.4, -0.2) is 46.6 Å². The molecule has 2 aliphatic heterocycles. The Hall–Kier alpha value is -3.17. The standard InChI is InChI=1S/C26H25N3O4S2/c1-33-18-13-11-16(12-14-18)27-21(30)15-28-20-10-6-5-9-19(20)22(24(28)31)23-25(32)29(26(34)35-23)17-7-3-2-4-8-17/h5-6,9-14,17H,2-4,7-8,15H2,1H3,(H,27,30)/b23-22+. The van der Waals surface area contributed by atoms with E-state index in [2.05, 4.69) is 5.32 Å². The van der Waals surface area contributed by atoms with E-state index in [1.807, 2.05) is 18.2 Å². The van der Waals surface area contributed by atoms with Gasteiger partial charge in [0.05, 0.1) is 23.3 Å². The Labute approximate surface area is 213 Å². The van der Waals surface area contributed by atoms with Crippen molar-refractivity contribution >= 4 is 63.0 Å². The van der Waals surface area contributed by atoms with Gasteiger partial charge < -0.3 is 10.1 Å². The fourth-order valence-corrected chi connectivity index (χ4v) is 6.33. The molecule has 180 valence electrons. The molecule has 0 unspecified atom stereocenters. The van der Waals surface area contributed by atoms with Crippen LogP contribution in [0.1, 0.15) is 37.7 Å². The molecule has 35 heavy (non-hydrogen) atoms. The van der Waals surface area contributed by atoms with E-state index < -0.39 is 0 Å². The molecule has 5 rings (SSSR count). The van der Waals surface area contributed by atoms with Crippen molar-refractivity contribution in [1.82, 2.24) is 4.90 Å². The highest BCUT2D eigenvalue weighted by Gasteiger charge is 2.44. The molecule has 1 N–H and O–H groups in total. The highest BCUT2D eigenvalue weighted by atomic mass is 32.2. The Morgan fingerprint density at radius 3 is 2.49 bits per heavy atom. The van der Waals surface area contributed by atoms with E-state index in [1.165, 1.54) is 23.1 Å². The van der Waals surface area contributed by atoms with E-state index in [4.69, 9.17) is 17.0 Å². The number of amides is 3. The van der Waals surface area contributed by atoms with Crippen LogP contribution < -0.4 is 15.0 Å². The Morgan fingerprint density at radius 1 is 1.06 bits per heavy atom. The number of nitrogens with one attached hydrogen (secondary N) is 1. The lowest BCUT2D eigenvalue weighted by Gasteiger charge is -2.29. The van der Waals surface area contributed by atoms with E-state index in [9.17, 15) is 14.4 Å². The molecule has 0 atom stereocenters.